The van der Waals surface area contributed by atoms with E-state index in [4.69, 9.17) is 8.94 Å². The third-order valence-electron chi connectivity index (χ3n) is 4.30. The molecule has 0 aliphatic carbocycles. The van der Waals surface area contributed by atoms with E-state index < -0.39 is 0 Å². The Morgan fingerprint density at radius 1 is 1.24 bits per heavy atom. The number of thiophene rings is 2. The molecule has 29 heavy (non-hydrogen) atoms. The van der Waals surface area contributed by atoms with Gasteiger partial charge in [0, 0.05) is 10.9 Å². The number of rotatable bonds is 6. The van der Waals surface area contributed by atoms with Crippen LogP contribution in [0.2, 0.25) is 0 Å². The van der Waals surface area contributed by atoms with E-state index in [1.807, 2.05) is 35.9 Å². The normalized spacial score (nSPS) is 12.6. The highest BCUT2D eigenvalue weighted by molar-refractivity contribution is 7.98. The molecule has 7 nitrogen and oxygen atoms in total. The van der Waals surface area contributed by atoms with Gasteiger partial charge in [0.2, 0.25) is 11.7 Å². The monoisotopic (exact) mass is 442 g/mol. The maximum absolute atomic E-state index is 12.7. The Labute approximate surface area is 176 Å². The van der Waals surface area contributed by atoms with Gasteiger partial charge < -0.3 is 13.9 Å². The number of thioether (sulfide) groups is 1. The minimum Gasteiger partial charge on any atom is -0.464 e. The number of hydrogen-bond acceptors (Lipinski definition) is 9. The molecular formula is C19H14N4O3S3. The lowest BCUT2D eigenvalue weighted by atomic mass is 10.2. The van der Waals surface area contributed by atoms with Gasteiger partial charge in [0.1, 0.15) is 16.4 Å². The molecule has 0 fully saturated rings. The first-order valence-corrected chi connectivity index (χ1v) is 11.5. The summed E-state index contributed by atoms with van der Waals surface area (Å²) in [5.41, 5.74) is 0.602. The van der Waals surface area contributed by atoms with Crippen LogP contribution in [-0.4, -0.2) is 20.1 Å². The lowest BCUT2D eigenvalue weighted by molar-refractivity contribution is 0.391. The molecule has 0 aromatic carbocycles. The molecule has 0 unspecified atom stereocenters. The van der Waals surface area contributed by atoms with Crippen LogP contribution in [0.25, 0.3) is 32.2 Å². The average Bonchev–Trinajstić information content (AvgIpc) is 3.52. The van der Waals surface area contributed by atoms with Crippen molar-refractivity contribution in [1.82, 2.24) is 20.1 Å². The van der Waals surface area contributed by atoms with E-state index in [-0.39, 0.29) is 10.8 Å². The molecule has 0 saturated heterocycles. The summed E-state index contributed by atoms with van der Waals surface area (Å²) in [6, 6.07) is 7.54. The predicted molar refractivity (Wildman–Crippen MR) is 115 cm³/mol. The van der Waals surface area contributed by atoms with Crippen LogP contribution < -0.4 is 5.56 Å². The number of fused-ring (bicyclic) bond motifs is 1. The number of nitrogens with zero attached hydrogens (tertiary/aromatic N) is 3. The van der Waals surface area contributed by atoms with Crippen molar-refractivity contribution in [1.29, 1.82) is 0 Å². The van der Waals surface area contributed by atoms with Gasteiger partial charge in [0.15, 0.2) is 0 Å². The van der Waals surface area contributed by atoms with Crippen LogP contribution in [0, 0.1) is 0 Å². The summed E-state index contributed by atoms with van der Waals surface area (Å²) in [5, 5.41) is 8.41. The molecule has 0 bridgehead atoms. The quantitative estimate of drug-likeness (QED) is 0.378. The zero-order chi connectivity index (χ0) is 19.8. The van der Waals surface area contributed by atoms with Gasteiger partial charge in [-0.05, 0) is 30.5 Å². The van der Waals surface area contributed by atoms with Crippen molar-refractivity contribution in [2.24, 2.45) is 0 Å². The highest BCUT2D eigenvalue weighted by Crippen LogP contribution is 2.34. The van der Waals surface area contributed by atoms with Crippen LogP contribution in [0.15, 0.2) is 55.0 Å². The van der Waals surface area contributed by atoms with Gasteiger partial charge in [-0.15, -0.1) is 34.4 Å². The summed E-state index contributed by atoms with van der Waals surface area (Å²) in [6.45, 7) is 1.99. The van der Waals surface area contributed by atoms with E-state index in [0.29, 0.717) is 39.3 Å². The smallest absolute Gasteiger partial charge is 0.260 e. The molecule has 1 N–H and O–H groups in total. The highest BCUT2D eigenvalue weighted by Gasteiger charge is 2.18. The molecule has 146 valence electrons. The second-order valence-corrected chi connectivity index (χ2v) is 9.34. The van der Waals surface area contributed by atoms with E-state index in [1.54, 1.807) is 35.4 Å². The number of aromatic nitrogens is 4. The fourth-order valence-corrected chi connectivity index (χ4v) is 5.23. The number of H-pyrrole nitrogens is 1. The highest BCUT2D eigenvalue weighted by atomic mass is 32.2. The molecule has 10 heteroatoms. The maximum Gasteiger partial charge on any atom is 0.260 e. The number of aromatic amines is 1. The molecule has 0 aliphatic rings. The Bertz CT molecular complexity index is 1300. The van der Waals surface area contributed by atoms with Crippen molar-refractivity contribution >= 4 is 44.7 Å². The van der Waals surface area contributed by atoms with Crippen LogP contribution in [0.3, 0.4) is 0 Å². The van der Waals surface area contributed by atoms with Gasteiger partial charge in [-0.3, -0.25) is 4.79 Å². The van der Waals surface area contributed by atoms with Gasteiger partial charge in [-0.2, -0.15) is 4.98 Å². The lowest BCUT2D eigenvalue weighted by Crippen LogP contribution is -2.12. The second kappa shape index (κ2) is 7.62. The largest absolute Gasteiger partial charge is 0.464 e. The maximum atomic E-state index is 12.7. The molecule has 5 aromatic rings. The number of nitrogens with one attached hydrogen (secondary N) is 1. The topological polar surface area (TPSA) is 97.8 Å². The van der Waals surface area contributed by atoms with Crippen molar-refractivity contribution in [3.05, 3.63) is 63.4 Å². The molecule has 5 rings (SSSR count). The Morgan fingerprint density at radius 3 is 2.97 bits per heavy atom. The van der Waals surface area contributed by atoms with Gasteiger partial charge >= 0.3 is 0 Å². The first kappa shape index (κ1) is 18.3. The van der Waals surface area contributed by atoms with Crippen molar-refractivity contribution in [3.8, 4) is 22.0 Å². The van der Waals surface area contributed by atoms with Gasteiger partial charge in [0.25, 0.3) is 5.56 Å². The Kier molecular flexibility index (Phi) is 4.82. The summed E-state index contributed by atoms with van der Waals surface area (Å²) in [6.07, 6.45) is 1.59. The van der Waals surface area contributed by atoms with Crippen LogP contribution >= 0.6 is 34.4 Å². The fraction of sp³-hybridized carbons (Fsp3) is 0.158. The molecule has 5 aromatic heterocycles. The summed E-state index contributed by atoms with van der Waals surface area (Å²) in [4.78, 5) is 26.4. The van der Waals surface area contributed by atoms with Crippen LogP contribution in [0.5, 0.6) is 0 Å². The van der Waals surface area contributed by atoms with Gasteiger partial charge in [0.05, 0.1) is 27.5 Å². The molecular weight excluding hydrogens is 428 g/mol. The number of hydrogen-bond donors (Lipinski definition) is 1. The third kappa shape index (κ3) is 3.54. The van der Waals surface area contributed by atoms with Gasteiger partial charge in [-0.25, -0.2) is 4.98 Å². The van der Waals surface area contributed by atoms with Crippen molar-refractivity contribution < 1.29 is 8.94 Å². The van der Waals surface area contributed by atoms with Crippen LogP contribution in [-0.2, 0) is 5.75 Å². The molecule has 0 spiro atoms. The zero-order valence-corrected chi connectivity index (χ0v) is 17.6. The molecule has 0 radical (unpaired) electrons. The van der Waals surface area contributed by atoms with Crippen molar-refractivity contribution in [2.75, 3.05) is 0 Å². The van der Waals surface area contributed by atoms with E-state index in [0.717, 1.165) is 10.4 Å². The molecule has 0 aliphatic heterocycles. The van der Waals surface area contributed by atoms with Crippen LogP contribution in [0.1, 0.15) is 23.9 Å². The van der Waals surface area contributed by atoms with E-state index in [1.165, 1.54) is 11.3 Å². The van der Waals surface area contributed by atoms with E-state index in [9.17, 15) is 4.79 Å². The molecule has 0 saturated carbocycles. The van der Waals surface area contributed by atoms with E-state index >= 15 is 0 Å². The third-order valence-corrected chi connectivity index (χ3v) is 7.18. The predicted octanol–water partition coefficient (Wildman–Crippen LogP) is 5.35. The second-order valence-electron chi connectivity index (χ2n) is 6.20. The first-order valence-electron chi connectivity index (χ1n) is 8.72. The van der Waals surface area contributed by atoms with Crippen molar-refractivity contribution in [2.45, 2.75) is 17.9 Å². The summed E-state index contributed by atoms with van der Waals surface area (Å²) in [7, 11) is 0. The minimum absolute atomic E-state index is 0.0432. The lowest BCUT2D eigenvalue weighted by Gasteiger charge is -2.09. The molecule has 1 atom stereocenters. The standard InChI is InChI=1S/C19H14N4O3S3/c1-10(28-9-14-20-17(23-26-14)13-5-3-7-27-13)16-21-18(24)15-11(8-29-19(15)22-16)12-4-2-6-25-12/h2-8,10H,9H2,1H3,(H,21,22,24)/t10-/m0/s1. The zero-order valence-electron chi connectivity index (χ0n) is 15.1. The number of furan rings is 1. The van der Waals surface area contributed by atoms with Crippen LogP contribution in [0.4, 0.5) is 0 Å². The fourth-order valence-electron chi connectivity index (χ4n) is 2.87. The van der Waals surface area contributed by atoms with Crippen molar-refractivity contribution in [3.63, 3.8) is 0 Å². The molecule has 0 amide bonds. The van der Waals surface area contributed by atoms with E-state index in [2.05, 4.69) is 20.1 Å². The summed E-state index contributed by atoms with van der Waals surface area (Å²) >= 11 is 4.58. The Balaban J connectivity index is 1.35. The SMILES string of the molecule is C[C@H](SCc1nc(-c2cccs2)no1)c1nc2scc(-c3ccco3)c2c(=O)[nH]1. The average molecular weight is 443 g/mol. The summed E-state index contributed by atoms with van der Waals surface area (Å²) in [5.74, 6) is 2.96. The Hall–Kier alpha value is -2.69. The summed E-state index contributed by atoms with van der Waals surface area (Å²) < 4.78 is 10.8. The molecule has 5 heterocycles. The van der Waals surface area contributed by atoms with Gasteiger partial charge in [-0.1, -0.05) is 11.2 Å². The Morgan fingerprint density at radius 2 is 2.17 bits per heavy atom. The first-order chi connectivity index (χ1) is 14.2. The minimum atomic E-state index is -0.164.